The highest BCUT2D eigenvalue weighted by Gasteiger charge is 2.11. The minimum Gasteiger partial charge on any atom is -0.387 e. The lowest BCUT2D eigenvalue weighted by Gasteiger charge is -2.16. The minimum absolute atomic E-state index is 0.0677. The summed E-state index contributed by atoms with van der Waals surface area (Å²) in [5.74, 6) is -0.364. The van der Waals surface area contributed by atoms with E-state index < -0.39 is 6.61 Å². The van der Waals surface area contributed by atoms with Gasteiger partial charge in [0.1, 0.15) is 6.61 Å². The van der Waals surface area contributed by atoms with Gasteiger partial charge in [-0.25, -0.2) is 0 Å². The molecule has 0 aromatic heterocycles. The van der Waals surface area contributed by atoms with Crippen LogP contribution in [0.2, 0.25) is 5.02 Å². The Kier molecular flexibility index (Phi) is 4.59. The van der Waals surface area contributed by atoms with Crippen molar-refractivity contribution < 1.29 is 9.90 Å². The van der Waals surface area contributed by atoms with E-state index in [0.717, 1.165) is 12.0 Å². The van der Waals surface area contributed by atoms with Gasteiger partial charge in [-0.05, 0) is 24.1 Å². The molecule has 2 N–H and O–H groups in total. The predicted octanol–water partition coefficient (Wildman–Crippen LogP) is 1.90. The van der Waals surface area contributed by atoms with Crippen LogP contribution in [-0.4, -0.2) is 17.6 Å². The fraction of sp³-hybridized carbons (Fsp3) is 0.364. The fourth-order valence-electron chi connectivity index (χ4n) is 1.36. The molecule has 15 heavy (non-hydrogen) atoms. The first-order valence-corrected chi connectivity index (χ1v) is 5.20. The number of halogens is 1. The van der Waals surface area contributed by atoms with Crippen LogP contribution in [0.3, 0.4) is 0 Å². The third-order valence-electron chi connectivity index (χ3n) is 2.16. The van der Waals surface area contributed by atoms with Gasteiger partial charge in [-0.15, -0.1) is 0 Å². The minimum atomic E-state index is -0.482. The first-order valence-electron chi connectivity index (χ1n) is 4.83. The Morgan fingerprint density at radius 1 is 1.47 bits per heavy atom. The van der Waals surface area contributed by atoms with E-state index in [2.05, 4.69) is 5.32 Å². The summed E-state index contributed by atoms with van der Waals surface area (Å²) in [6, 6.07) is 7.24. The summed E-state index contributed by atoms with van der Waals surface area (Å²) in [5.41, 5.74) is 0.990. The fourth-order valence-corrected chi connectivity index (χ4v) is 1.48. The van der Waals surface area contributed by atoms with E-state index in [1.54, 1.807) is 12.1 Å². The molecule has 3 nitrogen and oxygen atoms in total. The number of nitrogens with one attached hydrogen (secondary N) is 1. The van der Waals surface area contributed by atoms with Gasteiger partial charge in [0.25, 0.3) is 0 Å². The van der Waals surface area contributed by atoms with Gasteiger partial charge in [0.15, 0.2) is 0 Å². The molecule has 1 aromatic rings. The molecule has 1 unspecified atom stereocenters. The molecule has 0 aliphatic heterocycles. The Morgan fingerprint density at radius 2 is 2.07 bits per heavy atom. The summed E-state index contributed by atoms with van der Waals surface area (Å²) in [5, 5.41) is 12.0. The number of hydrogen-bond acceptors (Lipinski definition) is 2. The number of aliphatic hydroxyl groups is 1. The zero-order valence-electron chi connectivity index (χ0n) is 8.53. The van der Waals surface area contributed by atoms with Crippen molar-refractivity contribution in [1.82, 2.24) is 5.32 Å². The maximum absolute atomic E-state index is 11.0. The molecule has 0 heterocycles. The van der Waals surface area contributed by atoms with Crippen molar-refractivity contribution in [2.75, 3.05) is 6.61 Å². The standard InChI is InChI=1S/C11H14ClNO2/c1-2-10(13-11(15)7-14)8-3-5-9(12)6-4-8/h3-6,10,14H,2,7H2,1H3,(H,13,15). The van der Waals surface area contributed by atoms with E-state index in [1.165, 1.54) is 0 Å². The number of carbonyl (C=O) groups is 1. The second kappa shape index (κ2) is 5.73. The Morgan fingerprint density at radius 3 is 2.53 bits per heavy atom. The van der Waals surface area contributed by atoms with E-state index in [0.29, 0.717) is 5.02 Å². The van der Waals surface area contributed by atoms with Crippen LogP contribution >= 0.6 is 11.6 Å². The molecule has 0 bridgehead atoms. The summed E-state index contributed by atoms with van der Waals surface area (Å²) in [7, 11) is 0. The summed E-state index contributed by atoms with van der Waals surface area (Å²) in [6.07, 6.45) is 0.771. The smallest absolute Gasteiger partial charge is 0.246 e. The molecule has 0 aliphatic carbocycles. The lowest BCUT2D eigenvalue weighted by molar-refractivity contribution is -0.124. The molecule has 4 heteroatoms. The third kappa shape index (κ3) is 3.53. The van der Waals surface area contributed by atoms with Crippen molar-refractivity contribution in [1.29, 1.82) is 0 Å². The van der Waals surface area contributed by atoms with Crippen LogP contribution in [0.1, 0.15) is 24.9 Å². The first-order chi connectivity index (χ1) is 7.17. The van der Waals surface area contributed by atoms with Crippen LogP contribution in [0.25, 0.3) is 0 Å². The maximum Gasteiger partial charge on any atom is 0.246 e. The summed E-state index contributed by atoms with van der Waals surface area (Å²) in [6.45, 7) is 1.49. The monoisotopic (exact) mass is 227 g/mol. The Balaban J connectivity index is 2.74. The molecule has 0 saturated carbocycles. The number of rotatable bonds is 4. The molecule has 1 aromatic carbocycles. The second-order valence-electron chi connectivity index (χ2n) is 3.24. The average molecular weight is 228 g/mol. The molecule has 1 atom stereocenters. The predicted molar refractivity (Wildman–Crippen MR) is 59.7 cm³/mol. The van der Waals surface area contributed by atoms with Crippen molar-refractivity contribution in [3.05, 3.63) is 34.9 Å². The van der Waals surface area contributed by atoms with Gasteiger partial charge in [0.2, 0.25) is 5.91 Å². The van der Waals surface area contributed by atoms with Crippen molar-refractivity contribution >= 4 is 17.5 Å². The van der Waals surface area contributed by atoms with E-state index in [4.69, 9.17) is 16.7 Å². The van der Waals surface area contributed by atoms with Crippen molar-refractivity contribution in [2.45, 2.75) is 19.4 Å². The molecule has 0 fully saturated rings. The third-order valence-corrected chi connectivity index (χ3v) is 2.41. The Labute approximate surface area is 94.1 Å². The number of aliphatic hydroxyl groups excluding tert-OH is 1. The van der Waals surface area contributed by atoms with Gasteiger partial charge in [0, 0.05) is 5.02 Å². The van der Waals surface area contributed by atoms with Crippen molar-refractivity contribution in [2.24, 2.45) is 0 Å². The van der Waals surface area contributed by atoms with Gasteiger partial charge in [0.05, 0.1) is 6.04 Å². The summed E-state index contributed by atoms with van der Waals surface area (Å²) >= 11 is 5.77. The van der Waals surface area contributed by atoms with Crippen molar-refractivity contribution in [3.8, 4) is 0 Å². The topological polar surface area (TPSA) is 49.3 Å². The van der Waals surface area contributed by atoms with Gasteiger partial charge >= 0.3 is 0 Å². The molecule has 1 amide bonds. The van der Waals surface area contributed by atoms with Gasteiger partial charge in [-0.1, -0.05) is 30.7 Å². The molecular formula is C11H14ClNO2. The van der Waals surface area contributed by atoms with Gasteiger partial charge in [-0.3, -0.25) is 4.79 Å². The second-order valence-corrected chi connectivity index (χ2v) is 3.67. The average Bonchev–Trinajstić information content (AvgIpc) is 2.27. The molecule has 0 aliphatic rings. The molecule has 0 spiro atoms. The molecular weight excluding hydrogens is 214 g/mol. The Bertz CT molecular complexity index is 324. The number of carbonyl (C=O) groups excluding carboxylic acids is 1. The van der Waals surface area contributed by atoms with Crippen LogP contribution in [0.5, 0.6) is 0 Å². The summed E-state index contributed by atoms with van der Waals surface area (Å²) < 4.78 is 0. The molecule has 0 radical (unpaired) electrons. The van der Waals surface area contributed by atoms with Crippen LogP contribution in [0, 0.1) is 0 Å². The highest BCUT2D eigenvalue weighted by Crippen LogP contribution is 2.18. The lowest BCUT2D eigenvalue weighted by Crippen LogP contribution is -2.30. The summed E-state index contributed by atoms with van der Waals surface area (Å²) in [4.78, 5) is 11.0. The molecule has 0 saturated heterocycles. The normalized spacial score (nSPS) is 12.2. The van der Waals surface area contributed by atoms with E-state index >= 15 is 0 Å². The maximum atomic E-state index is 11.0. The largest absolute Gasteiger partial charge is 0.387 e. The van der Waals surface area contributed by atoms with Crippen LogP contribution in [-0.2, 0) is 4.79 Å². The van der Waals surface area contributed by atoms with E-state index in [9.17, 15) is 4.79 Å². The zero-order valence-corrected chi connectivity index (χ0v) is 9.29. The number of amides is 1. The lowest BCUT2D eigenvalue weighted by atomic mass is 10.0. The highest BCUT2D eigenvalue weighted by atomic mass is 35.5. The number of benzene rings is 1. The Hall–Kier alpha value is -1.06. The zero-order chi connectivity index (χ0) is 11.3. The van der Waals surface area contributed by atoms with Gasteiger partial charge < -0.3 is 10.4 Å². The van der Waals surface area contributed by atoms with Crippen LogP contribution in [0.15, 0.2) is 24.3 Å². The SMILES string of the molecule is CCC(NC(=O)CO)c1ccc(Cl)cc1. The van der Waals surface area contributed by atoms with Crippen LogP contribution in [0.4, 0.5) is 0 Å². The molecule has 82 valence electrons. The van der Waals surface area contributed by atoms with Gasteiger partial charge in [-0.2, -0.15) is 0 Å². The molecule has 1 rings (SSSR count). The van der Waals surface area contributed by atoms with Crippen molar-refractivity contribution in [3.63, 3.8) is 0 Å². The highest BCUT2D eigenvalue weighted by molar-refractivity contribution is 6.30. The van der Waals surface area contributed by atoms with Crippen LogP contribution < -0.4 is 5.32 Å². The van der Waals surface area contributed by atoms with E-state index in [-0.39, 0.29) is 11.9 Å². The quantitative estimate of drug-likeness (QED) is 0.826. The number of hydrogen-bond donors (Lipinski definition) is 2. The first kappa shape index (κ1) is 12.0. The van der Waals surface area contributed by atoms with E-state index in [1.807, 2.05) is 19.1 Å².